The number of hydrogen-bond acceptors (Lipinski definition) is 3. The van der Waals surface area contributed by atoms with Gasteiger partial charge in [-0.1, -0.05) is 17.9 Å². The van der Waals surface area contributed by atoms with Gasteiger partial charge in [0.15, 0.2) is 0 Å². The molecule has 0 aliphatic carbocycles. The predicted octanol–water partition coefficient (Wildman–Crippen LogP) is 1.46. The van der Waals surface area contributed by atoms with Crippen molar-refractivity contribution in [2.45, 2.75) is 26.3 Å². The molecule has 1 aromatic rings. The molecule has 0 saturated carbocycles. The van der Waals surface area contributed by atoms with Crippen molar-refractivity contribution in [1.29, 1.82) is 0 Å². The van der Waals surface area contributed by atoms with Crippen LogP contribution >= 0.6 is 0 Å². The van der Waals surface area contributed by atoms with Crippen molar-refractivity contribution >= 4 is 5.91 Å². The number of carbonyl (C=O) groups is 1. The zero-order valence-electron chi connectivity index (χ0n) is 12.3. The second-order valence-electron chi connectivity index (χ2n) is 4.71. The number of benzene rings is 1. The maximum absolute atomic E-state index is 12.3. The van der Waals surface area contributed by atoms with Gasteiger partial charge >= 0.3 is 0 Å². The fourth-order valence-corrected chi connectivity index (χ4v) is 1.77. The summed E-state index contributed by atoms with van der Waals surface area (Å²) in [5, 5.41) is 2.95. The molecule has 1 unspecified atom stereocenters. The van der Waals surface area contributed by atoms with Gasteiger partial charge in [0.25, 0.3) is 5.91 Å². The van der Waals surface area contributed by atoms with E-state index < -0.39 is 0 Å². The molecular formula is C16H22N2O2. The van der Waals surface area contributed by atoms with Crippen LogP contribution in [0.25, 0.3) is 0 Å². The molecule has 1 amide bonds. The van der Waals surface area contributed by atoms with E-state index in [0.717, 1.165) is 12.0 Å². The second-order valence-corrected chi connectivity index (χ2v) is 4.71. The first-order valence-corrected chi connectivity index (χ1v) is 6.68. The minimum atomic E-state index is -0.116. The monoisotopic (exact) mass is 274 g/mol. The van der Waals surface area contributed by atoms with Gasteiger partial charge in [0.2, 0.25) is 0 Å². The molecule has 1 rings (SSSR count). The number of carbonyl (C=O) groups excluding carboxylic acids is 1. The number of hydrogen-bond donors (Lipinski definition) is 2. The summed E-state index contributed by atoms with van der Waals surface area (Å²) >= 11 is 0. The van der Waals surface area contributed by atoms with Gasteiger partial charge in [0, 0.05) is 25.3 Å². The molecule has 0 bridgehead atoms. The molecule has 0 spiro atoms. The molecular weight excluding hydrogens is 252 g/mol. The fourth-order valence-electron chi connectivity index (χ4n) is 1.77. The average Bonchev–Trinajstić information content (AvgIpc) is 2.42. The Morgan fingerprint density at radius 3 is 2.90 bits per heavy atom. The average molecular weight is 274 g/mol. The molecule has 0 aromatic heterocycles. The lowest BCUT2D eigenvalue weighted by atomic mass is 10.0. The number of nitrogens with two attached hydrogens (primary N) is 1. The highest BCUT2D eigenvalue weighted by atomic mass is 16.5. The van der Waals surface area contributed by atoms with E-state index in [9.17, 15) is 4.79 Å². The fraction of sp³-hybridized carbons (Fsp3) is 0.438. The maximum atomic E-state index is 12.3. The van der Waals surface area contributed by atoms with Crippen LogP contribution in [0.3, 0.4) is 0 Å². The van der Waals surface area contributed by atoms with Crippen LogP contribution in [0, 0.1) is 18.8 Å². The minimum absolute atomic E-state index is 0.0547. The second kappa shape index (κ2) is 8.36. The molecule has 20 heavy (non-hydrogen) atoms. The van der Waals surface area contributed by atoms with Crippen LogP contribution in [-0.2, 0) is 4.74 Å². The molecule has 4 heteroatoms. The summed E-state index contributed by atoms with van der Waals surface area (Å²) in [6.45, 7) is 4.82. The van der Waals surface area contributed by atoms with Gasteiger partial charge in [-0.15, -0.1) is 0 Å². The van der Waals surface area contributed by atoms with E-state index >= 15 is 0 Å². The topological polar surface area (TPSA) is 64.3 Å². The summed E-state index contributed by atoms with van der Waals surface area (Å²) in [5.74, 6) is 5.63. The Labute approximate surface area is 120 Å². The summed E-state index contributed by atoms with van der Waals surface area (Å²) < 4.78 is 5.00. The van der Waals surface area contributed by atoms with Crippen LogP contribution in [0.1, 0.15) is 34.8 Å². The Hall–Kier alpha value is -1.83. The van der Waals surface area contributed by atoms with Gasteiger partial charge in [-0.25, -0.2) is 0 Å². The van der Waals surface area contributed by atoms with Crippen LogP contribution in [-0.4, -0.2) is 32.2 Å². The Kier molecular flexibility index (Phi) is 6.78. The van der Waals surface area contributed by atoms with E-state index in [1.807, 2.05) is 26.0 Å². The molecule has 0 aliphatic rings. The van der Waals surface area contributed by atoms with Gasteiger partial charge in [-0.2, -0.15) is 0 Å². The van der Waals surface area contributed by atoms with Gasteiger partial charge in [-0.05, 0) is 38.0 Å². The zero-order chi connectivity index (χ0) is 15.0. The normalized spacial score (nSPS) is 11.4. The van der Waals surface area contributed by atoms with E-state index in [1.165, 1.54) is 0 Å². The molecule has 0 aliphatic heterocycles. The summed E-state index contributed by atoms with van der Waals surface area (Å²) in [6.07, 6.45) is 0.776. The third kappa shape index (κ3) is 5.04. The third-order valence-corrected chi connectivity index (χ3v) is 2.88. The molecule has 0 heterocycles. The van der Waals surface area contributed by atoms with E-state index in [1.54, 1.807) is 13.2 Å². The Morgan fingerprint density at radius 2 is 2.25 bits per heavy atom. The first kappa shape index (κ1) is 16.2. The lowest BCUT2D eigenvalue weighted by Gasteiger charge is -2.14. The van der Waals surface area contributed by atoms with Crippen molar-refractivity contribution in [1.82, 2.24) is 5.32 Å². The molecule has 108 valence electrons. The van der Waals surface area contributed by atoms with Crippen LogP contribution < -0.4 is 11.1 Å². The van der Waals surface area contributed by atoms with Crippen LogP contribution in [0.5, 0.6) is 0 Å². The standard InChI is InChI=1S/C16H22N2O2/c1-12-6-7-15(14(11-12)5-4-9-17)16(19)18-13(2)8-10-20-3/h6-7,11,13H,8-10,17H2,1-3H3,(H,18,19). The lowest BCUT2D eigenvalue weighted by molar-refractivity contribution is 0.0929. The van der Waals surface area contributed by atoms with Gasteiger partial charge < -0.3 is 15.8 Å². The molecule has 1 atom stereocenters. The number of aryl methyl sites for hydroxylation is 1. The quantitative estimate of drug-likeness (QED) is 0.799. The highest BCUT2D eigenvalue weighted by Gasteiger charge is 2.13. The number of amides is 1. The molecule has 4 nitrogen and oxygen atoms in total. The van der Waals surface area contributed by atoms with Crippen molar-refractivity contribution in [2.24, 2.45) is 5.73 Å². The van der Waals surface area contributed by atoms with E-state index in [4.69, 9.17) is 10.5 Å². The summed E-state index contributed by atoms with van der Waals surface area (Å²) in [5.41, 5.74) is 7.75. The van der Waals surface area contributed by atoms with Crippen molar-refractivity contribution in [3.05, 3.63) is 34.9 Å². The minimum Gasteiger partial charge on any atom is -0.385 e. The number of methoxy groups -OCH3 is 1. The number of ether oxygens (including phenoxy) is 1. The highest BCUT2D eigenvalue weighted by Crippen LogP contribution is 2.11. The molecule has 0 fully saturated rings. The summed E-state index contributed by atoms with van der Waals surface area (Å²) in [6, 6.07) is 5.66. The van der Waals surface area contributed by atoms with Crippen LogP contribution in [0.4, 0.5) is 0 Å². The summed E-state index contributed by atoms with van der Waals surface area (Å²) in [7, 11) is 1.65. The van der Waals surface area contributed by atoms with E-state index in [-0.39, 0.29) is 18.5 Å². The van der Waals surface area contributed by atoms with Gasteiger partial charge in [-0.3, -0.25) is 4.79 Å². The maximum Gasteiger partial charge on any atom is 0.252 e. The number of nitrogens with one attached hydrogen (secondary N) is 1. The van der Waals surface area contributed by atoms with Crippen molar-refractivity contribution < 1.29 is 9.53 Å². The smallest absolute Gasteiger partial charge is 0.252 e. The van der Waals surface area contributed by atoms with Crippen molar-refractivity contribution in [2.75, 3.05) is 20.3 Å². The first-order chi connectivity index (χ1) is 9.58. The Balaban J connectivity index is 2.86. The van der Waals surface area contributed by atoms with E-state index in [0.29, 0.717) is 17.7 Å². The molecule has 3 N–H and O–H groups in total. The zero-order valence-corrected chi connectivity index (χ0v) is 12.3. The molecule has 1 aromatic carbocycles. The lowest BCUT2D eigenvalue weighted by Crippen LogP contribution is -2.33. The largest absolute Gasteiger partial charge is 0.385 e. The highest BCUT2D eigenvalue weighted by molar-refractivity contribution is 5.97. The van der Waals surface area contributed by atoms with Gasteiger partial charge in [0.1, 0.15) is 0 Å². The van der Waals surface area contributed by atoms with Crippen LogP contribution in [0.2, 0.25) is 0 Å². The molecule has 0 saturated heterocycles. The van der Waals surface area contributed by atoms with Crippen LogP contribution in [0.15, 0.2) is 18.2 Å². The number of rotatable bonds is 5. The first-order valence-electron chi connectivity index (χ1n) is 6.68. The van der Waals surface area contributed by atoms with E-state index in [2.05, 4.69) is 17.2 Å². The van der Waals surface area contributed by atoms with Crippen molar-refractivity contribution in [3.8, 4) is 11.8 Å². The van der Waals surface area contributed by atoms with Gasteiger partial charge in [0.05, 0.1) is 12.1 Å². The summed E-state index contributed by atoms with van der Waals surface area (Å²) in [4.78, 5) is 12.3. The SMILES string of the molecule is COCCC(C)NC(=O)c1ccc(C)cc1C#CCN. The predicted molar refractivity (Wildman–Crippen MR) is 80.5 cm³/mol. The Morgan fingerprint density at radius 1 is 1.50 bits per heavy atom. The third-order valence-electron chi connectivity index (χ3n) is 2.88. The molecule has 0 radical (unpaired) electrons. The Bertz CT molecular complexity index is 515. The van der Waals surface area contributed by atoms with Crippen molar-refractivity contribution in [3.63, 3.8) is 0 Å².